The highest BCUT2D eigenvalue weighted by molar-refractivity contribution is 5.67. The summed E-state index contributed by atoms with van der Waals surface area (Å²) in [5, 5.41) is 11.6. The Morgan fingerprint density at radius 1 is 1.25 bits per heavy atom. The van der Waals surface area contributed by atoms with Gasteiger partial charge in [0.25, 0.3) is 0 Å². The van der Waals surface area contributed by atoms with Crippen LogP contribution in [0.1, 0.15) is 51.9 Å². The third-order valence-electron chi connectivity index (χ3n) is 5.21. The van der Waals surface area contributed by atoms with Crippen molar-refractivity contribution >= 4 is 6.09 Å². The molecule has 2 aliphatic carbocycles. The number of hydrogen-bond acceptors (Lipinski definition) is 4. The van der Waals surface area contributed by atoms with Crippen molar-refractivity contribution in [2.45, 2.75) is 66.0 Å². The number of amides is 1. The van der Waals surface area contributed by atoms with E-state index in [1.807, 2.05) is 13.8 Å². The number of aromatic nitrogens is 3. The first kappa shape index (κ1) is 17.2. The Kier molecular flexibility index (Phi) is 5.11. The number of hydrogen-bond donors (Lipinski definition) is 1. The SMILES string of the molecule is CC(C)Cn1nnc2c1CC[C@H]1[C@@H](CC2)[C@H]1COC(=O)NC(C)C. The largest absolute Gasteiger partial charge is 0.449 e. The molecular weight excluding hydrogens is 304 g/mol. The molecule has 2 aliphatic rings. The molecule has 1 amide bonds. The van der Waals surface area contributed by atoms with Crippen molar-refractivity contribution < 1.29 is 9.53 Å². The van der Waals surface area contributed by atoms with Crippen molar-refractivity contribution in [1.82, 2.24) is 20.3 Å². The second-order valence-corrected chi connectivity index (χ2v) is 8.03. The molecule has 6 nitrogen and oxygen atoms in total. The number of aryl methyl sites for hydroxylation is 1. The summed E-state index contributed by atoms with van der Waals surface area (Å²) in [6.45, 7) is 9.80. The van der Waals surface area contributed by atoms with Gasteiger partial charge in [-0.05, 0) is 63.2 Å². The lowest BCUT2D eigenvalue weighted by Gasteiger charge is -2.12. The van der Waals surface area contributed by atoms with Gasteiger partial charge in [-0.25, -0.2) is 9.48 Å². The van der Waals surface area contributed by atoms with E-state index in [4.69, 9.17) is 4.74 Å². The average Bonchev–Trinajstić information content (AvgIpc) is 2.99. The lowest BCUT2D eigenvalue weighted by Crippen LogP contribution is -2.31. The number of alkyl carbamates (subject to hydrolysis) is 1. The van der Waals surface area contributed by atoms with Crippen LogP contribution in [0.4, 0.5) is 4.79 Å². The normalized spacial score (nSPS) is 25.7. The van der Waals surface area contributed by atoms with E-state index in [2.05, 4.69) is 34.2 Å². The predicted molar refractivity (Wildman–Crippen MR) is 91.6 cm³/mol. The van der Waals surface area contributed by atoms with E-state index < -0.39 is 0 Å². The highest BCUT2D eigenvalue weighted by Crippen LogP contribution is 2.52. The van der Waals surface area contributed by atoms with Gasteiger partial charge in [-0.15, -0.1) is 5.10 Å². The Morgan fingerprint density at radius 2 is 1.96 bits per heavy atom. The van der Waals surface area contributed by atoms with E-state index in [0.717, 1.165) is 32.2 Å². The van der Waals surface area contributed by atoms with Crippen molar-refractivity contribution in [3.63, 3.8) is 0 Å². The Morgan fingerprint density at radius 3 is 2.62 bits per heavy atom. The molecule has 1 heterocycles. The van der Waals surface area contributed by atoms with Crippen LogP contribution in [0.15, 0.2) is 0 Å². The Bertz CT molecular complexity index is 582. The molecule has 0 unspecified atom stereocenters. The molecule has 24 heavy (non-hydrogen) atoms. The number of carbonyl (C=O) groups is 1. The Balaban J connectivity index is 1.54. The fourth-order valence-electron chi connectivity index (χ4n) is 4.01. The second kappa shape index (κ2) is 7.11. The Hall–Kier alpha value is -1.59. The van der Waals surface area contributed by atoms with Gasteiger partial charge >= 0.3 is 6.09 Å². The minimum atomic E-state index is -0.290. The van der Waals surface area contributed by atoms with Crippen LogP contribution in [0.25, 0.3) is 0 Å². The molecule has 1 aromatic rings. The monoisotopic (exact) mass is 334 g/mol. The van der Waals surface area contributed by atoms with Crippen LogP contribution in [0, 0.1) is 23.7 Å². The average molecular weight is 334 g/mol. The van der Waals surface area contributed by atoms with E-state index in [0.29, 0.717) is 30.3 Å². The molecule has 1 aromatic heterocycles. The van der Waals surface area contributed by atoms with Gasteiger partial charge in [0.05, 0.1) is 18.0 Å². The zero-order chi connectivity index (χ0) is 17.3. The second-order valence-electron chi connectivity index (χ2n) is 8.03. The Labute approximate surface area is 144 Å². The first-order chi connectivity index (χ1) is 11.5. The minimum Gasteiger partial charge on any atom is -0.449 e. The van der Waals surface area contributed by atoms with E-state index in [-0.39, 0.29) is 12.1 Å². The van der Waals surface area contributed by atoms with Gasteiger partial charge in [-0.3, -0.25) is 0 Å². The molecule has 1 fully saturated rings. The molecule has 3 atom stereocenters. The lowest BCUT2D eigenvalue weighted by atomic mass is 10.0. The fraction of sp³-hybridized carbons (Fsp3) is 0.833. The van der Waals surface area contributed by atoms with Crippen LogP contribution in [0.2, 0.25) is 0 Å². The standard InChI is InChI=1S/C18H30N4O2/c1-11(2)9-22-17-8-6-14-13(5-7-16(17)20-21-22)15(14)10-24-18(23)19-12(3)4/h11-15H,5-10H2,1-4H3,(H,19,23)/t13-,14+,15-/m1/s1. The molecule has 0 aromatic carbocycles. The number of carbonyl (C=O) groups excluding carboxylic acids is 1. The fourth-order valence-corrected chi connectivity index (χ4v) is 4.01. The quantitative estimate of drug-likeness (QED) is 0.899. The van der Waals surface area contributed by atoms with Gasteiger partial charge in [-0.1, -0.05) is 19.1 Å². The predicted octanol–water partition coefficient (Wildman–Crippen LogP) is 2.81. The molecular formula is C18H30N4O2. The smallest absolute Gasteiger partial charge is 0.407 e. The molecule has 3 rings (SSSR count). The topological polar surface area (TPSA) is 69.0 Å². The minimum absolute atomic E-state index is 0.120. The number of rotatable bonds is 5. The molecule has 0 aliphatic heterocycles. The van der Waals surface area contributed by atoms with E-state index >= 15 is 0 Å². The van der Waals surface area contributed by atoms with E-state index in [1.54, 1.807) is 0 Å². The third-order valence-corrected chi connectivity index (χ3v) is 5.21. The zero-order valence-corrected chi connectivity index (χ0v) is 15.3. The van der Waals surface area contributed by atoms with Crippen LogP contribution in [-0.2, 0) is 24.1 Å². The number of fused-ring (bicyclic) bond motifs is 2. The highest BCUT2D eigenvalue weighted by Gasteiger charge is 2.50. The molecule has 134 valence electrons. The summed E-state index contributed by atoms with van der Waals surface area (Å²) >= 11 is 0. The van der Waals surface area contributed by atoms with Gasteiger partial charge in [-0.2, -0.15) is 0 Å². The highest BCUT2D eigenvalue weighted by atomic mass is 16.5. The molecule has 0 bridgehead atoms. The van der Waals surface area contributed by atoms with Crippen LogP contribution in [-0.4, -0.2) is 33.7 Å². The van der Waals surface area contributed by atoms with E-state index in [9.17, 15) is 4.79 Å². The maximum absolute atomic E-state index is 11.7. The van der Waals surface area contributed by atoms with Gasteiger partial charge in [0.15, 0.2) is 0 Å². The summed E-state index contributed by atoms with van der Waals surface area (Å²) < 4.78 is 7.50. The van der Waals surface area contributed by atoms with Crippen molar-refractivity contribution in [3.8, 4) is 0 Å². The molecule has 1 saturated carbocycles. The first-order valence-corrected chi connectivity index (χ1v) is 9.30. The molecule has 0 saturated heterocycles. The zero-order valence-electron chi connectivity index (χ0n) is 15.3. The summed E-state index contributed by atoms with van der Waals surface area (Å²) in [7, 11) is 0. The summed E-state index contributed by atoms with van der Waals surface area (Å²) in [5.74, 6) is 2.47. The lowest BCUT2D eigenvalue weighted by molar-refractivity contribution is 0.135. The van der Waals surface area contributed by atoms with Gasteiger partial charge in [0.2, 0.25) is 0 Å². The summed E-state index contributed by atoms with van der Waals surface area (Å²) in [5.41, 5.74) is 2.50. The molecule has 0 radical (unpaired) electrons. The van der Waals surface area contributed by atoms with E-state index in [1.165, 1.54) is 11.4 Å². The molecule has 0 spiro atoms. The summed E-state index contributed by atoms with van der Waals surface area (Å²) in [6, 6.07) is 0.120. The number of ether oxygens (including phenoxy) is 1. The third kappa shape index (κ3) is 3.90. The van der Waals surface area contributed by atoms with Crippen LogP contribution in [0.3, 0.4) is 0 Å². The van der Waals surface area contributed by atoms with Crippen LogP contribution < -0.4 is 5.32 Å². The number of nitrogens with one attached hydrogen (secondary N) is 1. The van der Waals surface area contributed by atoms with Gasteiger partial charge in [0.1, 0.15) is 0 Å². The summed E-state index contributed by atoms with van der Waals surface area (Å²) in [4.78, 5) is 11.7. The van der Waals surface area contributed by atoms with Crippen molar-refractivity contribution in [1.29, 1.82) is 0 Å². The molecule has 6 heteroatoms. The van der Waals surface area contributed by atoms with Crippen LogP contribution in [0.5, 0.6) is 0 Å². The first-order valence-electron chi connectivity index (χ1n) is 9.30. The summed E-state index contributed by atoms with van der Waals surface area (Å²) in [6.07, 6.45) is 4.05. The molecule has 1 N–H and O–H groups in total. The van der Waals surface area contributed by atoms with Crippen molar-refractivity contribution in [3.05, 3.63) is 11.4 Å². The maximum atomic E-state index is 11.7. The number of nitrogens with zero attached hydrogens (tertiary/aromatic N) is 3. The van der Waals surface area contributed by atoms with Gasteiger partial charge < -0.3 is 10.1 Å². The van der Waals surface area contributed by atoms with Crippen molar-refractivity contribution in [2.24, 2.45) is 23.7 Å². The van der Waals surface area contributed by atoms with Crippen molar-refractivity contribution in [2.75, 3.05) is 6.61 Å². The van der Waals surface area contributed by atoms with Gasteiger partial charge in [0, 0.05) is 12.6 Å². The maximum Gasteiger partial charge on any atom is 0.407 e. The van der Waals surface area contributed by atoms with Crippen LogP contribution >= 0.6 is 0 Å².